The second-order valence-electron chi connectivity index (χ2n) is 3.26. The Labute approximate surface area is 91.2 Å². The van der Waals surface area contributed by atoms with Crippen molar-refractivity contribution in [3.8, 4) is 11.1 Å². The molecule has 0 aliphatic rings. The first-order chi connectivity index (χ1) is 7.18. The van der Waals surface area contributed by atoms with Gasteiger partial charge in [0.1, 0.15) is 5.82 Å². The van der Waals surface area contributed by atoms with Crippen molar-refractivity contribution in [2.45, 2.75) is 6.92 Å². The number of benzene rings is 1. The van der Waals surface area contributed by atoms with Crippen molar-refractivity contribution in [1.82, 2.24) is 0 Å². The minimum absolute atomic E-state index is 0.0452. The topological polar surface area (TPSA) is 17.1 Å². The molecule has 1 aromatic heterocycles. The summed E-state index contributed by atoms with van der Waals surface area (Å²) in [4.78, 5) is 11.4. The number of carbonyl (C=O) groups is 1. The molecule has 3 heteroatoms. The third kappa shape index (κ3) is 1.97. The van der Waals surface area contributed by atoms with Gasteiger partial charge in [-0.25, -0.2) is 4.39 Å². The second-order valence-corrected chi connectivity index (χ2v) is 4.04. The second kappa shape index (κ2) is 3.95. The Morgan fingerprint density at radius 1 is 1.33 bits per heavy atom. The summed E-state index contributed by atoms with van der Waals surface area (Å²) >= 11 is 1.53. The standard InChI is InChI=1S/C12H9FOS/c1-8(14)11-3-2-10(13)6-12(11)9-4-5-15-7-9/h2-7H,1H3. The van der Waals surface area contributed by atoms with Gasteiger partial charge >= 0.3 is 0 Å². The quantitative estimate of drug-likeness (QED) is 0.704. The summed E-state index contributed by atoms with van der Waals surface area (Å²) < 4.78 is 13.1. The third-order valence-electron chi connectivity index (χ3n) is 2.19. The van der Waals surface area contributed by atoms with E-state index < -0.39 is 0 Å². The van der Waals surface area contributed by atoms with Crippen molar-refractivity contribution in [3.63, 3.8) is 0 Å². The van der Waals surface area contributed by atoms with Crippen LogP contribution in [0.4, 0.5) is 4.39 Å². The van der Waals surface area contributed by atoms with Gasteiger partial charge in [0.2, 0.25) is 0 Å². The highest BCUT2D eigenvalue weighted by atomic mass is 32.1. The number of carbonyl (C=O) groups excluding carboxylic acids is 1. The number of ketones is 1. The molecule has 0 aliphatic heterocycles. The highest BCUT2D eigenvalue weighted by Crippen LogP contribution is 2.27. The van der Waals surface area contributed by atoms with Gasteiger partial charge in [-0.3, -0.25) is 4.79 Å². The van der Waals surface area contributed by atoms with E-state index in [2.05, 4.69) is 0 Å². The monoisotopic (exact) mass is 220 g/mol. The first kappa shape index (κ1) is 10.1. The number of hydrogen-bond acceptors (Lipinski definition) is 2. The summed E-state index contributed by atoms with van der Waals surface area (Å²) in [5.41, 5.74) is 2.13. The van der Waals surface area contributed by atoms with Gasteiger partial charge in [-0.2, -0.15) is 11.3 Å². The first-order valence-corrected chi connectivity index (χ1v) is 5.46. The summed E-state index contributed by atoms with van der Waals surface area (Å²) in [6.07, 6.45) is 0. The maximum absolute atomic E-state index is 13.1. The average molecular weight is 220 g/mol. The predicted octanol–water partition coefficient (Wildman–Crippen LogP) is 3.76. The van der Waals surface area contributed by atoms with Gasteiger partial charge in [-0.1, -0.05) is 0 Å². The van der Waals surface area contributed by atoms with Crippen LogP contribution >= 0.6 is 11.3 Å². The van der Waals surface area contributed by atoms with Crippen LogP contribution in [-0.4, -0.2) is 5.78 Å². The molecule has 2 rings (SSSR count). The molecular formula is C12H9FOS. The summed E-state index contributed by atoms with van der Waals surface area (Å²) in [6, 6.07) is 6.13. The van der Waals surface area contributed by atoms with Crippen molar-refractivity contribution in [2.24, 2.45) is 0 Å². The number of hydrogen-bond donors (Lipinski definition) is 0. The molecule has 0 spiro atoms. The van der Waals surface area contributed by atoms with Gasteiger partial charge in [-0.05, 0) is 53.1 Å². The fourth-order valence-corrected chi connectivity index (χ4v) is 2.14. The molecule has 76 valence electrons. The van der Waals surface area contributed by atoms with Gasteiger partial charge in [-0.15, -0.1) is 0 Å². The fourth-order valence-electron chi connectivity index (χ4n) is 1.48. The molecule has 0 bridgehead atoms. The van der Waals surface area contributed by atoms with Crippen molar-refractivity contribution in [2.75, 3.05) is 0 Å². The lowest BCUT2D eigenvalue weighted by atomic mass is 9.99. The van der Waals surface area contributed by atoms with E-state index in [0.717, 1.165) is 5.56 Å². The Morgan fingerprint density at radius 3 is 2.73 bits per heavy atom. The Kier molecular flexibility index (Phi) is 2.64. The van der Waals surface area contributed by atoms with Gasteiger partial charge in [0.15, 0.2) is 5.78 Å². The van der Waals surface area contributed by atoms with Crippen molar-refractivity contribution < 1.29 is 9.18 Å². The van der Waals surface area contributed by atoms with E-state index in [-0.39, 0.29) is 11.6 Å². The average Bonchev–Trinajstić information content (AvgIpc) is 2.69. The Hall–Kier alpha value is -1.48. The van der Waals surface area contributed by atoms with Crippen LogP contribution in [0.2, 0.25) is 0 Å². The summed E-state index contributed by atoms with van der Waals surface area (Å²) in [5.74, 6) is -0.364. The summed E-state index contributed by atoms with van der Waals surface area (Å²) in [6.45, 7) is 1.49. The van der Waals surface area contributed by atoms with Crippen LogP contribution in [0.3, 0.4) is 0 Å². The smallest absolute Gasteiger partial charge is 0.160 e. The number of halogens is 1. The maximum Gasteiger partial charge on any atom is 0.160 e. The lowest BCUT2D eigenvalue weighted by molar-refractivity contribution is 0.101. The normalized spacial score (nSPS) is 10.3. The molecule has 2 aromatic rings. The fraction of sp³-hybridized carbons (Fsp3) is 0.0833. The lowest BCUT2D eigenvalue weighted by Gasteiger charge is -2.04. The molecule has 0 fully saturated rings. The lowest BCUT2D eigenvalue weighted by Crippen LogP contribution is -1.96. The number of rotatable bonds is 2. The number of thiophene rings is 1. The van der Waals surface area contributed by atoms with Crippen LogP contribution in [-0.2, 0) is 0 Å². The molecule has 0 aliphatic carbocycles. The van der Waals surface area contributed by atoms with Crippen LogP contribution < -0.4 is 0 Å². The minimum atomic E-state index is -0.318. The van der Waals surface area contributed by atoms with Crippen LogP contribution in [0.5, 0.6) is 0 Å². The van der Waals surface area contributed by atoms with E-state index >= 15 is 0 Å². The molecule has 0 saturated carbocycles. The van der Waals surface area contributed by atoms with E-state index in [1.807, 2.05) is 16.8 Å². The molecule has 1 aromatic carbocycles. The zero-order valence-corrected chi connectivity index (χ0v) is 8.98. The largest absolute Gasteiger partial charge is 0.294 e. The van der Waals surface area contributed by atoms with E-state index in [4.69, 9.17) is 0 Å². The maximum atomic E-state index is 13.1. The highest BCUT2D eigenvalue weighted by molar-refractivity contribution is 7.08. The van der Waals surface area contributed by atoms with Gasteiger partial charge in [0, 0.05) is 5.56 Å². The molecule has 1 nitrogen and oxygen atoms in total. The zero-order chi connectivity index (χ0) is 10.8. The summed E-state index contributed by atoms with van der Waals surface area (Å²) in [7, 11) is 0. The molecule has 0 amide bonds. The Balaban J connectivity index is 2.63. The highest BCUT2D eigenvalue weighted by Gasteiger charge is 2.10. The van der Waals surface area contributed by atoms with Gasteiger partial charge < -0.3 is 0 Å². The van der Waals surface area contributed by atoms with Gasteiger partial charge in [0.25, 0.3) is 0 Å². The Morgan fingerprint density at radius 2 is 2.13 bits per heavy atom. The Bertz CT molecular complexity index is 488. The van der Waals surface area contributed by atoms with Crippen LogP contribution in [0.25, 0.3) is 11.1 Å². The van der Waals surface area contributed by atoms with E-state index in [0.29, 0.717) is 11.1 Å². The SMILES string of the molecule is CC(=O)c1ccc(F)cc1-c1ccsc1. The third-order valence-corrected chi connectivity index (χ3v) is 2.88. The summed E-state index contributed by atoms with van der Waals surface area (Å²) in [5, 5.41) is 3.81. The predicted molar refractivity (Wildman–Crippen MR) is 59.7 cm³/mol. The first-order valence-electron chi connectivity index (χ1n) is 4.51. The molecule has 0 atom stereocenters. The molecule has 0 unspecified atom stereocenters. The van der Waals surface area contributed by atoms with Gasteiger partial charge in [0.05, 0.1) is 0 Å². The molecule has 0 radical (unpaired) electrons. The van der Waals surface area contributed by atoms with E-state index in [1.165, 1.54) is 36.5 Å². The van der Waals surface area contributed by atoms with Crippen molar-refractivity contribution in [3.05, 3.63) is 46.4 Å². The molecular weight excluding hydrogens is 211 g/mol. The molecule has 15 heavy (non-hydrogen) atoms. The molecule has 0 saturated heterocycles. The number of Topliss-reactive ketones (excluding diaryl/α,β-unsaturated/α-hetero) is 1. The minimum Gasteiger partial charge on any atom is -0.294 e. The molecule has 1 heterocycles. The molecule has 0 N–H and O–H groups in total. The van der Waals surface area contributed by atoms with Crippen LogP contribution in [0.1, 0.15) is 17.3 Å². The van der Waals surface area contributed by atoms with Crippen molar-refractivity contribution >= 4 is 17.1 Å². The van der Waals surface area contributed by atoms with E-state index in [9.17, 15) is 9.18 Å². The zero-order valence-electron chi connectivity index (χ0n) is 8.16. The van der Waals surface area contributed by atoms with Crippen LogP contribution in [0, 0.1) is 5.82 Å². The van der Waals surface area contributed by atoms with Crippen LogP contribution in [0.15, 0.2) is 35.0 Å². The van der Waals surface area contributed by atoms with E-state index in [1.54, 1.807) is 0 Å². The van der Waals surface area contributed by atoms with Crippen molar-refractivity contribution in [1.29, 1.82) is 0 Å².